The summed E-state index contributed by atoms with van der Waals surface area (Å²) >= 11 is 0. The molecule has 0 aromatic carbocycles. The third-order valence-electron chi connectivity index (χ3n) is 6.09. The number of rotatable bonds is 17. The van der Waals surface area contributed by atoms with Crippen LogP contribution in [-0.4, -0.2) is 58.7 Å². The first kappa shape index (κ1) is 34.2. The van der Waals surface area contributed by atoms with Crippen LogP contribution in [-0.2, 0) is 14.4 Å². The van der Waals surface area contributed by atoms with Crippen molar-refractivity contribution in [2.24, 2.45) is 23.3 Å². The first-order valence-electron chi connectivity index (χ1n) is 13.1. The molecule has 0 radical (unpaired) electrons. The minimum absolute atomic E-state index is 0.0344. The first-order chi connectivity index (χ1) is 17.5. The van der Waals surface area contributed by atoms with Crippen molar-refractivity contribution < 1.29 is 45.5 Å². The van der Waals surface area contributed by atoms with Gasteiger partial charge in [-0.1, -0.05) is 50.5 Å². The number of aliphatic hydroxyl groups is 2. The summed E-state index contributed by atoms with van der Waals surface area (Å²) in [6.07, 6.45) is 12.9. The summed E-state index contributed by atoms with van der Waals surface area (Å²) in [5.41, 5.74) is 13.6. The number of allylic oxidation sites excluding steroid dienone is 2. The highest BCUT2D eigenvalue weighted by Gasteiger charge is 2.39. The molecule has 0 heterocycles. The van der Waals surface area contributed by atoms with Crippen LogP contribution in [0.5, 0.6) is 0 Å². The van der Waals surface area contributed by atoms with Crippen molar-refractivity contribution in [3.63, 3.8) is 0 Å². The van der Waals surface area contributed by atoms with Crippen molar-refractivity contribution >= 4 is 23.7 Å². The summed E-state index contributed by atoms with van der Waals surface area (Å²) in [4.78, 5) is 35.3. The maximum absolute atomic E-state index is 12.1. The van der Waals surface area contributed by atoms with E-state index in [9.17, 15) is 34.8 Å². The maximum Gasteiger partial charge on any atom is 0.338 e. The zero-order valence-electron chi connectivity index (χ0n) is 22.0. The Morgan fingerprint density at radius 2 is 1.86 bits per heavy atom. The van der Waals surface area contributed by atoms with Gasteiger partial charge in [0.05, 0.1) is 24.7 Å². The lowest BCUT2D eigenvalue weighted by molar-refractivity contribution is -0.466. The summed E-state index contributed by atoms with van der Waals surface area (Å²) in [5, 5.41) is 40.6. The van der Waals surface area contributed by atoms with Crippen LogP contribution in [0.2, 0.25) is 0 Å². The minimum Gasteiger partial charge on any atom is -0.550 e. The molecule has 11 nitrogen and oxygen atoms in total. The number of carboxylic acid groups (broad SMARTS) is 2. The molecular formula is C26H46N4O7. The van der Waals surface area contributed by atoms with E-state index in [0.717, 1.165) is 19.3 Å². The van der Waals surface area contributed by atoms with Crippen molar-refractivity contribution in [1.82, 2.24) is 0 Å². The molecule has 0 bridgehead atoms. The average molecular weight is 527 g/mol. The van der Waals surface area contributed by atoms with Crippen molar-refractivity contribution in [2.45, 2.75) is 95.8 Å². The molecular weight excluding hydrogens is 480 g/mol. The smallest absolute Gasteiger partial charge is 0.338 e. The lowest BCUT2D eigenvalue weighted by Gasteiger charge is -2.16. The van der Waals surface area contributed by atoms with E-state index in [1.165, 1.54) is 0 Å². The third-order valence-corrected chi connectivity index (χ3v) is 6.09. The lowest BCUT2D eigenvalue weighted by Crippen LogP contribution is -2.78. The third kappa shape index (κ3) is 17.4. The van der Waals surface area contributed by atoms with Crippen molar-refractivity contribution in [3.05, 3.63) is 24.3 Å². The van der Waals surface area contributed by atoms with Crippen LogP contribution in [0.15, 0.2) is 24.3 Å². The highest BCUT2D eigenvalue weighted by molar-refractivity contribution is 5.84. The number of quaternary nitrogens is 1. The van der Waals surface area contributed by atoms with E-state index in [1.54, 1.807) is 12.2 Å². The summed E-state index contributed by atoms with van der Waals surface area (Å²) in [6.45, 7) is 2.67. The van der Waals surface area contributed by atoms with Crippen LogP contribution < -0.4 is 32.4 Å². The molecule has 0 amide bonds. The van der Waals surface area contributed by atoms with Gasteiger partial charge in [0, 0.05) is 30.6 Å². The van der Waals surface area contributed by atoms with Gasteiger partial charge >= 0.3 is 5.96 Å². The number of carbonyl (C=O) groups is 3. The average Bonchev–Trinajstić information content (AvgIpc) is 3.09. The van der Waals surface area contributed by atoms with Gasteiger partial charge in [0.2, 0.25) is 0 Å². The Morgan fingerprint density at radius 3 is 2.46 bits per heavy atom. The topological polar surface area (TPSA) is 231 Å². The minimum atomic E-state index is -1.13. The molecule has 10 N–H and O–H groups in total. The number of nitrogens with two attached hydrogens (primary N) is 2. The molecule has 1 fully saturated rings. The Bertz CT molecular complexity index is 766. The number of hydrogen-bond donors (Lipinski definition) is 6. The molecule has 1 aliphatic rings. The number of aliphatic hydroxyl groups excluding tert-OH is 2. The monoisotopic (exact) mass is 526 g/mol. The molecule has 37 heavy (non-hydrogen) atoms. The van der Waals surface area contributed by atoms with Crippen LogP contribution in [0.4, 0.5) is 0 Å². The van der Waals surface area contributed by atoms with Gasteiger partial charge in [-0.05, 0) is 38.5 Å². The molecule has 0 spiro atoms. The second kappa shape index (κ2) is 20.3. The second-order valence-corrected chi connectivity index (χ2v) is 9.38. The van der Waals surface area contributed by atoms with Crippen LogP contribution in [0.1, 0.15) is 77.6 Å². The van der Waals surface area contributed by atoms with E-state index in [0.29, 0.717) is 45.1 Å². The molecule has 5 atom stereocenters. The number of hydrogen-bond acceptors (Lipinski definition) is 7. The predicted molar refractivity (Wildman–Crippen MR) is 135 cm³/mol. The molecule has 11 heteroatoms. The van der Waals surface area contributed by atoms with Crippen LogP contribution in [0.3, 0.4) is 0 Å². The number of carbonyl (C=O) groups excluding carboxylic acids is 3. The van der Waals surface area contributed by atoms with Crippen molar-refractivity contribution in [1.29, 1.82) is 0 Å². The van der Waals surface area contributed by atoms with Gasteiger partial charge < -0.3 is 35.7 Å². The number of guanidine groups is 1. The van der Waals surface area contributed by atoms with E-state index in [-0.39, 0.29) is 36.4 Å². The fourth-order valence-corrected chi connectivity index (χ4v) is 3.91. The predicted octanol–water partition coefficient (Wildman–Crippen LogP) is -3.60. The quantitative estimate of drug-likeness (QED) is 0.0475. The molecule has 1 saturated carbocycles. The highest BCUT2D eigenvalue weighted by Crippen LogP contribution is 2.33. The van der Waals surface area contributed by atoms with Gasteiger partial charge in [-0.25, -0.2) is 0 Å². The summed E-state index contributed by atoms with van der Waals surface area (Å²) in [7, 11) is 0. The van der Waals surface area contributed by atoms with Gasteiger partial charge in [-0.3, -0.25) is 21.3 Å². The lowest BCUT2D eigenvalue weighted by atomic mass is 9.90. The summed E-state index contributed by atoms with van der Waals surface area (Å²) in [5.74, 6) is -2.52. The second-order valence-electron chi connectivity index (χ2n) is 9.38. The van der Waals surface area contributed by atoms with Gasteiger partial charge in [0.25, 0.3) is 0 Å². The van der Waals surface area contributed by atoms with E-state index < -0.39 is 30.2 Å². The SMILES string of the molecule is CCCCC[C@H](O)/C=C/[C@H]1[C@H](O)CC(=O)[C@@H]1C/C=C\CCCC(=O)[O-].NC(N)=[NH+]CCC[C@H]([NH3+])C(=O)[O-]. The molecule has 212 valence electrons. The maximum atomic E-state index is 12.1. The van der Waals surface area contributed by atoms with Crippen LogP contribution in [0.25, 0.3) is 0 Å². The van der Waals surface area contributed by atoms with E-state index in [1.807, 2.05) is 12.2 Å². The Hall–Kier alpha value is -2.76. The van der Waals surface area contributed by atoms with E-state index in [2.05, 4.69) is 17.6 Å². The molecule has 1 aliphatic carbocycles. The van der Waals surface area contributed by atoms with Crippen LogP contribution in [0, 0.1) is 11.8 Å². The van der Waals surface area contributed by atoms with Crippen molar-refractivity contribution in [3.8, 4) is 0 Å². The largest absolute Gasteiger partial charge is 0.550 e. The zero-order valence-corrected chi connectivity index (χ0v) is 22.0. The number of aliphatic carboxylic acids is 2. The molecule has 1 rings (SSSR count). The molecule has 0 unspecified atom stereocenters. The highest BCUT2D eigenvalue weighted by atomic mass is 16.4. The van der Waals surface area contributed by atoms with Gasteiger partial charge in [-0.2, -0.15) is 0 Å². The molecule has 0 aromatic heterocycles. The number of nitrogens with one attached hydrogen (secondary N) is 1. The van der Waals surface area contributed by atoms with E-state index >= 15 is 0 Å². The standard InChI is InChI=1S/C20H32O5.C6H14N4O2/c1-2-3-6-9-15(21)12-13-17-16(18(22)14-19(17)23)10-7-4-5-8-11-20(24)25;7-4(5(11)12)2-1-3-10-6(8)9/h4,7,12-13,15-17,19,21,23H,2-3,5-6,8-11,14H2,1H3,(H,24,25);4H,1-3,7H2,(H,11,12)(H4,8,9,10)/b7-4-,13-12+;/t15-,16+,17+,19+;4-/m00/s1. The normalized spacial score (nSPS) is 21.0. The summed E-state index contributed by atoms with van der Waals surface area (Å²) in [6, 6.07) is -0.661. The molecule has 0 saturated heterocycles. The Balaban J connectivity index is 0.000000908. The number of unbranched alkanes of at least 4 members (excludes halogenated alkanes) is 3. The number of ketones is 1. The fourth-order valence-electron chi connectivity index (χ4n) is 3.91. The Morgan fingerprint density at radius 1 is 1.16 bits per heavy atom. The van der Waals surface area contributed by atoms with Gasteiger partial charge in [0.1, 0.15) is 11.8 Å². The fraction of sp³-hybridized carbons (Fsp3) is 0.692. The van der Waals surface area contributed by atoms with Gasteiger partial charge in [-0.15, -0.1) is 0 Å². The Kier molecular flexibility index (Phi) is 18.8. The zero-order chi connectivity index (χ0) is 28.2. The number of carboxylic acids is 2. The van der Waals surface area contributed by atoms with Crippen molar-refractivity contribution in [2.75, 3.05) is 6.54 Å². The molecule has 0 aliphatic heterocycles. The number of Topliss-reactive ketones (excluding diaryl/α,β-unsaturated/α-hetero) is 1. The summed E-state index contributed by atoms with van der Waals surface area (Å²) < 4.78 is 0. The van der Waals surface area contributed by atoms with Gasteiger partial charge in [0.15, 0.2) is 0 Å². The molecule has 0 aromatic rings. The Labute approximate surface area is 219 Å². The van der Waals surface area contributed by atoms with E-state index in [4.69, 9.17) is 11.5 Å². The van der Waals surface area contributed by atoms with Crippen LogP contribution >= 0.6 is 0 Å². The first-order valence-corrected chi connectivity index (χ1v) is 13.1.